The topological polar surface area (TPSA) is 26.3 Å². The van der Waals surface area contributed by atoms with Crippen LogP contribution in [0.2, 0.25) is 0 Å². The number of carbonyl (C=O) groups is 1. The molecule has 112 valence electrons. The van der Waals surface area contributed by atoms with E-state index in [9.17, 15) is 4.79 Å². The minimum atomic E-state index is 0.0486. The number of ether oxygens (including phenoxy) is 1. The van der Waals surface area contributed by atoms with Gasteiger partial charge in [-0.25, -0.2) is 0 Å². The maximum atomic E-state index is 11.6. The highest BCUT2D eigenvalue weighted by molar-refractivity contribution is 5.70. The summed E-state index contributed by atoms with van der Waals surface area (Å²) in [7, 11) is 0. The van der Waals surface area contributed by atoms with Crippen LogP contribution in [0.3, 0.4) is 0 Å². The lowest BCUT2D eigenvalue weighted by atomic mass is 9.48. The van der Waals surface area contributed by atoms with Crippen molar-refractivity contribution in [3.05, 3.63) is 0 Å². The van der Waals surface area contributed by atoms with Crippen LogP contribution in [0.15, 0.2) is 0 Å². The maximum absolute atomic E-state index is 11.6. The van der Waals surface area contributed by atoms with Crippen LogP contribution in [0.1, 0.15) is 71.6 Å². The molecular weight excluding hydrogens is 248 g/mol. The molecule has 0 spiro atoms. The van der Waals surface area contributed by atoms with Crippen LogP contribution in [0.5, 0.6) is 0 Å². The number of hydrogen-bond donors (Lipinski definition) is 0. The fourth-order valence-electron chi connectivity index (χ4n) is 6.54. The molecule has 0 radical (unpaired) electrons. The smallest absolute Gasteiger partial charge is 0.306 e. The predicted molar refractivity (Wildman–Crippen MR) is 78.1 cm³/mol. The van der Waals surface area contributed by atoms with Gasteiger partial charge >= 0.3 is 5.97 Å². The Bertz CT molecular complexity index is 431. The summed E-state index contributed by atoms with van der Waals surface area (Å²) in [6.45, 7) is 4.98. The third kappa shape index (κ3) is 1.66. The first kappa shape index (κ1) is 13.2. The van der Waals surface area contributed by atoms with Gasteiger partial charge in [0.25, 0.3) is 0 Å². The molecule has 1 aliphatic heterocycles. The number of rotatable bonds is 0. The van der Waals surface area contributed by atoms with Crippen molar-refractivity contribution in [3.63, 3.8) is 0 Å². The van der Waals surface area contributed by atoms with Gasteiger partial charge < -0.3 is 4.74 Å². The molecule has 0 aromatic heterocycles. The Labute approximate surface area is 122 Å². The van der Waals surface area contributed by atoms with E-state index in [0.717, 1.165) is 30.6 Å². The summed E-state index contributed by atoms with van der Waals surface area (Å²) in [6, 6.07) is 0. The zero-order valence-corrected chi connectivity index (χ0v) is 13.0. The van der Waals surface area contributed by atoms with Crippen molar-refractivity contribution >= 4 is 5.97 Å². The third-order valence-corrected chi connectivity index (χ3v) is 7.70. The second-order valence-electron chi connectivity index (χ2n) is 8.52. The van der Waals surface area contributed by atoms with Gasteiger partial charge in [0.15, 0.2) is 0 Å². The van der Waals surface area contributed by atoms with Gasteiger partial charge in [0.05, 0.1) is 0 Å². The SMILES string of the molecule is C[C@@]12CCC[C@H]1[C@@H]1CC[C@H]3OC(=O)CC[C@]3(C)[C@H]1CC2. The van der Waals surface area contributed by atoms with Gasteiger partial charge in [-0.05, 0) is 68.1 Å². The van der Waals surface area contributed by atoms with E-state index in [1.165, 1.54) is 38.5 Å². The molecule has 2 nitrogen and oxygen atoms in total. The summed E-state index contributed by atoms with van der Waals surface area (Å²) >= 11 is 0. The Morgan fingerprint density at radius 3 is 2.70 bits per heavy atom. The fraction of sp³-hybridized carbons (Fsp3) is 0.944. The number of carbonyl (C=O) groups excluding carboxylic acids is 1. The first-order valence-electron chi connectivity index (χ1n) is 8.72. The molecule has 0 bridgehead atoms. The van der Waals surface area contributed by atoms with E-state index in [1.54, 1.807) is 0 Å². The lowest BCUT2D eigenvalue weighted by Gasteiger charge is -2.58. The number of esters is 1. The minimum Gasteiger partial charge on any atom is -0.462 e. The Balaban J connectivity index is 1.64. The van der Waals surface area contributed by atoms with Crippen molar-refractivity contribution in [2.24, 2.45) is 28.6 Å². The molecule has 3 aliphatic carbocycles. The van der Waals surface area contributed by atoms with Crippen LogP contribution in [0, 0.1) is 28.6 Å². The Kier molecular flexibility index (Phi) is 2.79. The van der Waals surface area contributed by atoms with E-state index in [2.05, 4.69) is 13.8 Å². The van der Waals surface area contributed by atoms with Gasteiger partial charge in [0.1, 0.15) is 6.10 Å². The van der Waals surface area contributed by atoms with Crippen LogP contribution >= 0.6 is 0 Å². The molecular formula is C18H28O2. The van der Waals surface area contributed by atoms with Crippen LogP contribution in [-0.2, 0) is 9.53 Å². The van der Waals surface area contributed by atoms with Crippen molar-refractivity contribution in [1.82, 2.24) is 0 Å². The Hall–Kier alpha value is -0.530. The molecule has 3 saturated carbocycles. The second kappa shape index (κ2) is 4.24. The lowest BCUT2D eigenvalue weighted by Crippen LogP contribution is -2.55. The molecule has 1 saturated heterocycles. The third-order valence-electron chi connectivity index (χ3n) is 7.70. The van der Waals surface area contributed by atoms with Gasteiger partial charge in [0, 0.05) is 11.8 Å². The standard InChI is InChI=1S/C18H28O2/c1-17-9-3-4-13(17)12-5-6-15-18(2,14(12)7-10-17)11-8-16(19)20-15/h12-15H,3-11H2,1-2H3/t12-,13-,14-,15+,17-,18+/m0/s1. The van der Waals surface area contributed by atoms with Crippen LogP contribution in [-0.4, -0.2) is 12.1 Å². The summed E-state index contributed by atoms with van der Waals surface area (Å²) in [5, 5.41) is 0. The summed E-state index contributed by atoms with van der Waals surface area (Å²) in [4.78, 5) is 11.6. The van der Waals surface area contributed by atoms with Gasteiger partial charge in [-0.15, -0.1) is 0 Å². The highest BCUT2D eigenvalue weighted by atomic mass is 16.5. The van der Waals surface area contributed by atoms with Crippen molar-refractivity contribution in [1.29, 1.82) is 0 Å². The number of fused-ring (bicyclic) bond motifs is 5. The van der Waals surface area contributed by atoms with E-state index in [4.69, 9.17) is 4.74 Å². The van der Waals surface area contributed by atoms with Crippen molar-refractivity contribution < 1.29 is 9.53 Å². The summed E-state index contributed by atoms with van der Waals surface area (Å²) in [5.74, 6) is 2.73. The number of hydrogen-bond acceptors (Lipinski definition) is 2. The normalized spacial score (nSPS) is 54.6. The maximum Gasteiger partial charge on any atom is 0.306 e. The lowest BCUT2D eigenvalue weighted by molar-refractivity contribution is -0.190. The average Bonchev–Trinajstić information content (AvgIpc) is 2.81. The monoisotopic (exact) mass is 276 g/mol. The van der Waals surface area contributed by atoms with Crippen molar-refractivity contribution in [2.75, 3.05) is 0 Å². The van der Waals surface area contributed by atoms with Gasteiger partial charge in [-0.3, -0.25) is 4.79 Å². The van der Waals surface area contributed by atoms with Crippen molar-refractivity contribution in [3.8, 4) is 0 Å². The largest absolute Gasteiger partial charge is 0.462 e. The molecule has 0 unspecified atom stereocenters. The van der Waals surface area contributed by atoms with Gasteiger partial charge in [-0.2, -0.15) is 0 Å². The Morgan fingerprint density at radius 1 is 1.00 bits per heavy atom. The molecule has 1 heterocycles. The predicted octanol–water partition coefficient (Wildman–Crippen LogP) is 4.32. The molecule has 6 atom stereocenters. The van der Waals surface area contributed by atoms with E-state index in [-0.39, 0.29) is 17.5 Å². The Morgan fingerprint density at radius 2 is 1.85 bits per heavy atom. The summed E-state index contributed by atoms with van der Waals surface area (Å²) < 4.78 is 5.74. The van der Waals surface area contributed by atoms with E-state index in [0.29, 0.717) is 11.8 Å². The summed E-state index contributed by atoms with van der Waals surface area (Å²) in [6.07, 6.45) is 11.5. The molecule has 0 aromatic carbocycles. The highest BCUT2D eigenvalue weighted by Crippen LogP contribution is 2.64. The first-order chi connectivity index (χ1) is 9.53. The first-order valence-corrected chi connectivity index (χ1v) is 8.72. The molecule has 4 aliphatic rings. The minimum absolute atomic E-state index is 0.0486. The zero-order valence-electron chi connectivity index (χ0n) is 13.0. The van der Waals surface area contributed by atoms with Crippen LogP contribution < -0.4 is 0 Å². The zero-order chi connectivity index (χ0) is 14.0. The average molecular weight is 276 g/mol. The molecule has 20 heavy (non-hydrogen) atoms. The molecule has 0 N–H and O–H groups in total. The van der Waals surface area contributed by atoms with Crippen LogP contribution in [0.4, 0.5) is 0 Å². The van der Waals surface area contributed by atoms with Crippen molar-refractivity contribution in [2.45, 2.75) is 77.7 Å². The molecule has 2 heteroatoms. The second-order valence-corrected chi connectivity index (χ2v) is 8.52. The molecule has 0 amide bonds. The molecule has 4 fully saturated rings. The fourth-order valence-corrected chi connectivity index (χ4v) is 6.54. The molecule has 4 rings (SSSR count). The molecule has 0 aromatic rings. The van der Waals surface area contributed by atoms with Gasteiger partial charge in [-0.1, -0.05) is 20.3 Å². The van der Waals surface area contributed by atoms with E-state index >= 15 is 0 Å². The summed E-state index contributed by atoms with van der Waals surface area (Å²) in [5.41, 5.74) is 0.913. The van der Waals surface area contributed by atoms with E-state index in [1.807, 2.05) is 0 Å². The van der Waals surface area contributed by atoms with E-state index < -0.39 is 0 Å². The van der Waals surface area contributed by atoms with Gasteiger partial charge in [0.2, 0.25) is 0 Å². The quantitative estimate of drug-likeness (QED) is 0.616. The van der Waals surface area contributed by atoms with Crippen LogP contribution in [0.25, 0.3) is 0 Å². The highest BCUT2D eigenvalue weighted by Gasteiger charge is 2.58.